The average Bonchev–Trinajstić information content (AvgIpc) is 2.95. The number of halogens is 2. The van der Waals surface area contributed by atoms with Crippen molar-refractivity contribution in [3.8, 4) is 0 Å². The Hall–Kier alpha value is -1.69. The van der Waals surface area contributed by atoms with Crippen molar-refractivity contribution in [2.75, 3.05) is 23.9 Å². The highest BCUT2D eigenvalue weighted by atomic mass is 35.5. The molecule has 0 radical (unpaired) electrons. The molecule has 0 aliphatic rings. The lowest BCUT2D eigenvalue weighted by molar-refractivity contribution is 0.298. The zero-order valence-corrected chi connectivity index (χ0v) is 14.8. The van der Waals surface area contributed by atoms with Gasteiger partial charge in [-0.25, -0.2) is 22.7 Å². The van der Waals surface area contributed by atoms with Gasteiger partial charge in [-0.05, 0) is 28.5 Å². The Morgan fingerprint density at radius 1 is 1.50 bits per heavy atom. The first-order valence-electron chi connectivity index (χ1n) is 6.51. The van der Waals surface area contributed by atoms with Crippen molar-refractivity contribution in [1.82, 2.24) is 15.0 Å². The van der Waals surface area contributed by atoms with Gasteiger partial charge in [0.2, 0.25) is 0 Å². The fourth-order valence-corrected chi connectivity index (χ4v) is 3.15. The lowest BCUT2D eigenvalue weighted by atomic mass is 10.3. The number of amidine groups is 1. The molecule has 12 heteroatoms. The number of nitrogens with zero attached hydrogens (tertiary/aromatic N) is 2. The topological polar surface area (TPSA) is 128 Å². The van der Waals surface area contributed by atoms with Crippen LogP contribution in [-0.4, -0.2) is 38.9 Å². The number of rotatable bonds is 7. The van der Waals surface area contributed by atoms with E-state index >= 15 is 0 Å². The third-order valence-corrected chi connectivity index (χ3v) is 4.60. The molecule has 1 heterocycles. The Bertz CT molecular complexity index is 842. The quantitative estimate of drug-likeness (QED) is 0.248. The standard InChI is InChI=1S/C12H14ClFN6O2S2/c1-24(16,21)17-4-5-23-12-10(19-22-20-12)11(15)18-7-2-3-9(14)8(13)6-7/h2-3,6H,4-5H2,1H3,(H2,15,18)(H2,16,17,21). The van der Waals surface area contributed by atoms with E-state index in [1.807, 2.05) is 0 Å². The minimum Gasteiger partial charge on any atom is -0.339 e. The van der Waals surface area contributed by atoms with E-state index in [9.17, 15) is 8.60 Å². The second kappa shape index (κ2) is 7.92. The first-order chi connectivity index (χ1) is 11.3. The van der Waals surface area contributed by atoms with Crippen molar-refractivity contribution in [2.45, 2.75) is 5.03 Å². The van der Waals surface area contributed by atoms with Crippen LogP contribution in [0.1, 0.15) is 5.69 Å². The predicted molar refractivity (Wildman–Crippen MR) is 91.7 cm³/mol. The monoisotopic (exact) mass is 392 g/mol. The molecule has 2 rings (SSSR count). The highest BCUT2D eigenvalue weighted by Gasteiger charge is 2.16. The molecule has 0 spiro atoms. The van der Waals surface area contributed by atoms with Crippen LogP contribution < -0.4 is 10.0 Å². The Labute approximate surface area is 147 Å². The summed E-state index contributed by atoms with van der Waals surface area (Å²) in [6.07, 6.45) is 1.29. The van der Waals surface area contributed by atoms with Crippen molar-refractivity contribution in [1.29, 1.82) is 10.2 Å². The minimum atomic E-state index is -2.76. The predicted octanol–water partition coefficient (Wildman–Crippen LogP) is 2.57. The number of anilines is 1. The molecule has 0 saturated heterocycles. The summed E-state index contributed by atoms with van der Waals surface area (Å²) in [6, 6.07) is 3.97. The Balaban J connectivity index is 1.98. The van der Waals surface area contributed by atoms with Crippen molar-refractivity contribution in [2.24, 2.45) is 0 Å². The number of hydrogen-bond acceptors (Lipinski definition) is 7. The van der Waals surface area contributed by atoms with E-state index < -0.39 is 15.7 Å². The summed E-state index contributed by atoms with van der Waals surface area (Å²) >= 11 is 6.93. The molecular weight excluding hydrogens is 379 g/mol. The molecule has 130 valence electrons. The summed E-state index contributed by atoms with van der Waals surface area (Å²) in [4.78, 5) is 0. The smallest absolute Gasteiger partial charge is 0.183 e. The van der Waals surface area contributed by atoms with Crippen LogP contribution in [0.25, 0.3) is 0 Å². The van der Waals surface area contributed by atoms with Crippen LogP contribution in [0.2, 0.25) is 5.02 Å². The summed E-state index contributed by atoms with van der Waals surface area (Å²) in [7, 11) is -2.76. The van der Waals surface area contributed by atoms with Crippen LogP contribution in [0.3, 0.4) is 0 Å². The Kier molecular flexibility index (Phi) is 6.15. The van der Waals surface area contributed by atoms with Gasteiger partial charge in [-0.3, -0.25) is 5.41 Å². The summed E-state index contributed by atoms with van der Waals surface area (Å²) in [5, 5.41) is 18.4. The molecule has 0 saturated carbocycles. The zero-order chi connectivity index (χ0) is 17.7. The SMILES string of the molecule is CS(=N)(=O)NCCSc1nonc1C(=N)Nc1ccc(F)c(Cl)c1. The number of benzene rings is 1. The van der Waals surface area contributed by atoms with E-state index in [1.54, 1.807) is 0 Å². The molecule has 1 aromatic carbocycles. The van der Waals surface area contributed by atoms with Crippen molar-refractivity contribution in [3.05, 3.63) is 34.7 Å². The van der Waals surface area contributed by atoms with Crippen LogP contribution in [-0.2, 0) is 9.92 Å². The van der Waals surface area contributed by atoms with Gasteiger partial charge in [-0.15, -0.1) is 0 Å². The van der Waals surface area contributed by atoms with Gasteiger partial charge >= 0.3 is 0 Å². The third-order valence-electron chi connectivity index (χ3n) is 2.60. The molecule has 4 N–H and O–H groups in total. The maximum Gasteiger partial charge on any atom is 0.183 e. The van der Waals surface area contributed by atoms with Crippen LogP contribution >= 0.6 is 23.4 Å². The van der Waals surface area contributed by atoms with Crippen LogP contribution in [0.5, 0.6) is 0 Å². The molecular formula is C12H14ClFN6O2S2. The van der Waals surface area contributed by atoms with E-state index in [2.05, 4.69) is 25.0 Å². The minimum absolute atomic E-state index is 0.0645. The molecule has 24 heavy (non-hydrogen) atoms. The van der Waals surface area contributed by atoms with E-state index in [-0.39, 0.29) is 16.6 Å². The third kappa shape index (κ3) is 5.44. The molecule has 0 amide bonds. The van der Waals surface area contributed by atoms with Gasteiger partial charge < -0.3 is 5.32 Å². The van der Waals surface area contributed by atoms with Gasteiger partial charge in [-0.2, -0.15) is 0 Å². The molecule has 0 fully saturated rings. The first-order valence-corrected chi connectivity index (χ1v) is 9.84. The average molecular weight is 393 g/mol. The zero-order valence-electron chi connectivity index (χ0n) is 12.4. The maximum atomic E-state index is 13.1. The number of hydrogen-bond donors (Lipinski definition) is 4. The second-order valence-electron chi connectivity index (χ2n) is 4.63. The highest BCUT2D eigenvalue weighted by Crippen LogP contribution is 2.22. The van der Waals surface area contributed by atoms with Gasteiger partial charge in [0.05, 0.1) is 5.02 Å². The van der Waals surface area contributed by atoms with Crippen LogP contribution in [0, 0.1) is 16.0 Å². The van der Waals surface area contributed by atoms with E-state index in [1.165, 1.54) is 36.2 Å². The van der Waals surface area contributed by atoms with Crippen molar-refractivity contribution >= 4 is 44.8 Å². The molecule has 8 nitrogen and oxygen atoms in total. The largest absolute Gasteiger partial charge is 0.339 e. The summed E-state index contributed by atoms with van der Waals surface area (Å²) in [5.74, 6) is -0.183. The second-order valence-corrected chi connectivity index (χ2v) is 8.10. The molecule has 1 atom stereocenters. The summed E-state index contributed by atoms with van der Waals surface area (Å²) < 4.78 is 38.8. The number of nitrogens with one attached hydrogen (secondary N) is 4. The van der Waals surface area contributed by atoms with Gasteiger partial charge in [0, 0.05) is 24.2 Å². The fourth-order valence-electron chi connectivity index (χ4n) is 1.59. The molecule has 0 aliphatic heterocycles. The normalized spacial score (nSPS) is 13.5. The van der Waals surface area contributed by atoms with Crippen molar-refractivity contribution < 1.29 is 13.2 Å². The van der Waals surface area contributed by atoms with E-state index in [4.69, 9.17) is 21.8 Å². The molecule has 0 bridgehead atoms. The highest BCUT2D eigenvalue weighted by molar-refractivity contribution is 7.99. The van der Waals surface area contributed by atoms with Gasteiger partial charge in [-0.1, -0.05) is 23.4 Å². The van der Waals surface area contributed by atoms with E-state index in [0.717, 1.165) is 0 Å². The van der Waals surface area contributed by atoms with Gasteiger partial charge in [0.25, 0.3) is 0 Å². The number of thioether (sulfide) groups is 1. The summed E-state index contributed by atoms with van der Waals surface area (Å²) in [5.41, 5.74) is 0.607. The molecule has 1 unspecified atom stereocenters. The molecule has 1 aromatic heterocycles. The maximum absolute atomic E-state index is 13.1. The van der Waals surface area contributed by atoms with Crippen molar-refractivity contribution in [3.63, 3.8) is 0 Å². The Morgan fingerprint density at radius 3 is 2.92 bits per heavy atom. The number of aromatic nitrogens is 2. The summed E-state index contributed by atoms with van der Waals surface area (Å²) in [6.45, 7) is 0.324. The lowest BCUT2D eigenvalue weighted by Crippen LogP contribution is -2.23. The molecule has 0 aliphatic carbocycles. The van der Waals surface area contributed by atoms with E-state index in [0.29, 0.717) is 23.0 Å². The van der Waals surface area contributed by atoms with Gasteiger partial charge in [0.1, 0.15) is 15.7 Å². The van der Waals surface area contributed by atoms with Crippen LogP contribution in [0.4, 0.5) is 10.1 Å². The first kappa shape index (κ1) is 18.6. The lowest BCUT2D eigenvalue weighted by Gasteiger charge is -2.07. The Morgan fingerprint density at radius 2 is 2.25 bits per heavy atom. The van der Waals surface area contributed by atoms with Gasteiger partial charge in [0.15, 0.2) is 16.6 Å². The fraction of sp³-hybridized carbons (Fsp3) is 0.250. The van der Waals surface area contributed by atoms with Crippen LogP contribution in [0.15, 0.2) is 27.9 Å². The molecule has 2 aromatic rings.